The maximum atomic E-state index is 4.88. The molecule has 30 heavy (non-hydrogen) atoms. The third-order valence-electron chi connectivity index (χ3n) is 4.87. The smallest absolute Gasteiger partial charge is 0.146 e. The lowest BCUT2D eigenvalue weighted by atomic mass is 10.1. The molecule has 0 saturated carbocycles. The Bertz CT molecular complexity index is 1270. The molecular formula is C23H22N6S. The summed E-state index contributed by atoms with van der Waals surface area (Å²) >= 11 is 1.66. The second-order valence-corrected chi connectivity index (χ2v) is 8.33. The van der Waals surface area contributed by atoms with Gasteiger partial charge in [-0.25, -0.2) is 15.0 Å². The van der Waals surface area contributed by atoms with Crippen LogP contribution in [0.1, 0.15) is 11.5 Å². The lowest BCUT2D eigenvalue weighted by Gasteiger charge is -2.12. The Balaban J connectivity index is 1.55. The van der Waals surface area contributed by atoms with Gasteiger partial charge in [0.1, 0.15) is 22.1 Å². The topological polar surface area (TPSA) is 58.4 Å². The first-order valence-corrected chi connectivity index (χ1v) is 10.7. The van der Waals surface area contributed by atoms with E-state index in [1.165, 1.54) is 5.56 Å². The van der Waals surface area contributed by atoms with Gasteiger partial charge in [-0.3, -0.25) is 0 Å². The number of rotatable bonds is 6. The Hall–Kier alpha value is -3.29. The largest absolute Gasteiger partial charge is 0.364 e. The van der Waals surface area contributed by atoms with Crippen molar-refractivity contribution in [2.24, 2.45) is 0 Å². The van der Waals surface area contributed by atoms with Gasteiger partial charge in [0, 0.05) is 23.3 Å². The lowest BCUT2D eigenvalue weighted by Crippen LogP contribution is -2.14. The van der Waals surface area contributed by atoms with E-state index in [-0.39, 0.29) is 0 Å². The molecule has 0 radical (unpaired) electrons. The van der Waals surface area contributed by atoms with Crippen molar-refractivity contribution in [3.05, 3.63) is 77.8 Å². The summed E-state index contributed by atoms with van der Waals surface area (Å²) in [6.45, 7) is 1.29. The number of hydrogen-bond acceptors (Lipinski definition) is 6. The Morgan fingerprint density at radius 3 is 2.63 bits per heavy atom. The fraction of sp³-hybridized carbons (Fsp3) is 0.174. The van der Waals surface area contributed by atoms with Crippen molar-refractivity contribution < 1.29 is 0 Å². The molecule has 0 bridgehead atoms. The lowest BCUT2D eigenvalue weighted by molar-refractivity contribution is 0.391. The van der Waals surface area contributed by atoms with Crippen LogP contribution in [0.3, 0.4) is 0 Å². The molecule has 0 saturated heterocycles. The molecule has 1 N–H and O–H groups in total. The van der Waals surface area contributed by atoms with Gasteiger partial charge in [0.15, 0.2) is 0 Å². The highest BCUT2D eigenvalue weighted by Gasteiger charge is 2.16. The first-order chi connectivity index (χ1) is 14.7. The number of thiophene rings is 1. The summed E-state index contributed by atoms with van der Waals surface area (Å²) in [5.41, 5.74) is 4.24. The third-order valence-corrected chi connectivity index (χ3v) is 5.75. The number of nitrogens with zero attached hydrogens (tertiary/aromatic N) is 5. The molecule has 4 aromatic heterocycles. The predicted molar refractivity (Wildman–Crippen MR) is 123 cm³/mol. The van der Waals surface area contributed by atoms with E-state index in [4.69, 9.17) is 15.0 Å². The van der Waals surface area contributed by atoms with Crippen molar-refractivity contribution in [3.63, 3.8) is 0 Å². The number of imidazole rings is 1. The maximum Gasteiger partial charge on any atom is 0.146 e. The fourth-order valence-corrected chi connectivity index (χ4v) is 4.51. The molecule has 0 aliphatic carbocycles. The van der Waals surface area contributed by atoms with E-state index in [2.05, 4.69) is 39.9 Å². The molecule has 0 spiro atoms. The van der Waals surface area contributed by atoms with Crippen LogP contribution in [-0.2, 0) is 13.1 Å². The zero-order valence-corrected chi connectivity index (χ0v) is 17.7. The van der Waals surface area contributed by atoms with Gasteiger partial charge in [-0.1, -0.05) is 36.4 Å². The van der Waals surface area contributed by atoms with E-state index in [1.54, 1.807) is 11.3 Å². The number of hydrogen-bond donors (Lipinski definition) is 1. The normalized spacial score (nSPS) is 11.6. The van der Waals surface area contributed by atoms with Crippen molar-refractivity contribution in [1.29, 1.82) is 0 Å². The summed E-state index contributed by atoms with van der Waals surface area (Å²) in [6, 6.07) is 16.4. The molecule has 7 heteroatoms. The van der Waals surface area contributed by atoms with Crippen LogP contribution in [0.25, 0.3) is 27.0 Å². The van der Waals surface area contributed by atoms with E-state index in [0.717, 1.165) is 38.8 Å². The summed E-state index contributed by atoms with van der Waals surface area (Å²) in [5.74, 6) is 1.67. The van der Waals surface area contributed by atoms with Gasteiger partial charge < -0.3 is 14.6 Å². The maximum absolute atomic E-state index is 4.88. The molecular weight excluding hydrogens is 392 g/mol. The molecule has 0 atom stereocenters. The van der Waals surface area contributed by atoms with Crippen LogP contribution in [0, 0.1) is 0 Å². The first kappa shape index (κ1) is 18.7. The molecule has 0 amide bonds. The highest BCUT2D eigenvalue weighted by molar-refractivity contribution is 7.17. The van der Waals surface area contributed by atoms with Gasteiger partial charge in [0.05, 0.1) is 24.2 Å². The Morgan fingerprint density at radius 2 is 1.83 bits per heavy atom. The highest BCUT2D eigenvalue weighted by atomic mass is 32.1. The predicted octanol–water partition coefficient (Wildman–Crippen LogP) is 4.68. The summed E-state index contributed by atoms with van der Waals surface area (Å²) in [6.07, 6.45) is 4.06. The SMILES string of the molecule is CN(C)Cc1nc(NCc2cn3ccccc3n2)c2c(-c3ccccc3)csc2n1. The Labute approximate surface area is 178 Å². The quantitative estimate of drug-likeness (QED) is 0.437. The number of nitrogens with one attached hydrogen (secondary N) is 1. The van der Waals surface area contributed by atoms with Crippen LogP contribution < -0.4 is 5.32 Å². The zero-order valence-electron chi connectivity index (χ0n) is 16.9. The van der Waals surface area contributed by atoms with Crippen LogP contribution in [-0.4, -0.2) is 38.3 Å². The molecule has 5 rings (SSSR count). The number of fused-ring (bicyclic) bond motifs is 2. The Morgan fingerprint density at radius 1 is 1.00 bits per heavy atom. The van der Waals surface area contributed by atoms with Crippen molar-refractivity contribution in [2.45, 2.75) is 13.1 Å². The minimum atomic E-state index is 0.597. The number of aromatic nitrogens is 4. The van der Waals surface area contributed by atoms with E-state index < -0.39 is 0 Å². The molecule has 0 unspecified atom stereocenters. The van der Waals surface area contributed by atoms with Gasteiger partial charge in [-0.15, -0.1) is 11.3 Å². The summed E-state index contributed by atoms with van der Waals surface area (Å²) in [5, 5.41) is 6.77. The van der Waals surface area contributed by atoms with E-state index >= 15 is 0 Å². The van der Waals surface area contributed by atoms with Gasteiger partial charge in [-0.05, 0) is 31.8 Å². The van der Waals surface area contributed by atoms with Crippen LogP contribution in [0.4, 0.5) is 5.82 Å². The zero-order chi connectivity index (χ0) is 20.5. The molecule has 5 aromatic rings. The highest BCUT2D eigenvalue weighted by Crippen LogP contribution is 2.37. The summed E-state index contributed by atoms with van der Waals surface area (Å²) in [4.78, 5) is 17.5. The van der Waals surface area contributed by atoms with Crippen LogP contribution in [0.5, 0.6) is 0 Å². The summed E-state index contributed by atoms with van der Waals surface area (Å²) in [7, 11) is 4.06. The van der Waals surface area contributed by atoms with Gasteiger partial charge in [0.25, 0.3) is 0 Å². The fourth-order valence-electron chi connectivity index (χ4n) is 3.54. The third kappa shape index (κ3) is 3.65. The second kappa shape index (κ2) is 7.85. The minimum absolute atomic E-state index is 0.597. The monoisotopic (exact) mass is 414 g/mol. The average Bonchev–Trinajstić information content (AvgIpc) is 3.36. The molecule has 1 aromatic carbocycles. The number of anilines is 1. The van der Waals surface area contributed by atoms with Crippen molar-refractivity contribution >= 4 is 33.0 Å². The van der Waals surface area contributed by atoms with E-state index in [1.807, 2.05) is 55.2 Å². The van der Waals surface area contributed by atoms with Gasteiger partial charge >= 0.3 is 0 Å². The van der Waals surface area contributed by atoms with Gasteiger partial charge in [-0.2, -0.15) is 0 Å². The average molecular weight is 415 g/mol. The molecule has 0 aliphatic rings. The van der Waals surface area contributed by atoms with Crippen molar-refractivity contribution in [2.75, 3.05) is 19.4 Å². The van der Waals surface area contributed by atoms with Crippen molar-refractivity contribution in [1.82, 2.24) is 24.3 Å². The second-order valence-electron chi connectivity index (χ2n) is 7.47. The molecule has 4 heterocycles. The molecule has 150 valence electrons. The molecule has 0 fully saturated rings. The van der Waals surface area contributed by atoms with Crippen LogP contribution >= 0.6 is 11.3 Å². The number of pyridine rings is 1. The first-order valence-electron chi connectivity index (χ1n) is 9.82. The van der Waals surface area contributed by atoms with Crippen LogP contribution in [0.15, 0.2) is 66.3 Å². The van der Waals surface area contributed by atoms with E-state index in [0.29, 0.717) is 13.1 Å². The number of benzene rings is 1. The standard InChI is InChI=1S/C23H22N6S/c1-28(2)14-19-26-22(24-12-17-13-29-11-7-6-10-20(29)25-17)21-18(15-30-23(21)27-19)16-8-4-3-5-9-16/h3-11,13,15H,12,14H2,1-2H3,(H,24,26,27). The van der Waals surface area contributed by atoms with Crippen LogP contribution in [0.2, 0.25) is 0 Å². The summed E-state index contributed by atoms with van der Waals surface area (Å²) < 4.78 is 2.03. The Kier molecular flexibility index (Phi) is 4.90. The van der Waals surface area contributed by atoms with Gasteiger partial charge in [0.2, 0.25) is 0 Å². The molecule has 0 aliphatic heterocycles. The molecule has 6 nitrogen and oxygen atoms in total. The van der Waals surface area contributed by atoms with Crippen molar-refractivity contribution in [3.8, 4) is 11.1 Å². The van der Waals surface area contributed by atoms with E-state index in [9.17, 15) is 0 Å². The minimum Gasteiger partial charge on any atom is -0.364 e.